The standard InChI is InChI=1S/C15H23BrN2/c1-18(2)9-3-8-17-15-10-13(11-15)12-4-6-14(16)7-5-12/h4-7,13,15,17H,3,8-11H2,1-2H3. The van der Waals surface area contributed by atoms with Gasteiger partial charge < -0.3 is 10.2 Å². The lowest BCUT2D eigenvalue weighted by Gasteiger charge is -2.36. The highest BCUT2D eigenvalue weighted by atomic mass is 79.9. The fourth-order valence-corrected chi connectivity index (χ4v) is 2.76. The zero-order chi connectivity index (χ0) is 13.0. The molecular formula is C15H23BrN2. The summed E-state index contributed by atoms with van der Waals surface area (Å²) in [5.74, 6) is 0.768. The van der Waals surface area contributed by atoms with Crippen molar-refractivity contribution in [3.8, 4) is 0 Å². The Hall–Kier alpha value is -0.380. The Labute approximate surface area is 119 Å². The number of hydrogen-bond donors (Lipinski definition) is 1. The van der Waals surface area contributed by atoms with Crippen LogP contribution in [0.2, 0.25) is 0 Å². The summed E-state index contributed by atoms with van der Waals surface area (Å²) in [7, 11) is 4.26. The molecular weight excluding hydrogens is 288 g/mol. The molecule has 0 radical (unpaired) electrons. The molecule has 0 atom stereocenters. The summed E-state index contributed by atoms with van der Waals surface area (Å²) in [6.07, 6.45) is 3.83. The molecule has 0 aliphatic heterocycles. The third-order valence-electron chi connectivity index (χ3n) is 3.69. The lowest BCUT2D eigenvalue weighted by molar-refractivity contribution is 0.284. The molecule has 0 aromatic heterocycles. The summed E-state index contributed by atoms with van der Waals surface area (Å²) >= 11 is 3.48. The first-order chi connectivity index (χ1) is 8.65. The topological polar surface area (TPSA) is 15.3 Å². The fourth-order valence-electron chi connectivity index (χ4n) is 2.49. The monoisotopic (exact) mass is 310 g/mol. The van der Waals surface area contributed by atoms with Gasteiger partial charge in [-0.15, -0.1) is 0 Å². The van der Waals surface area contributed by atoms with Crippen molar-refractivity contribution < 1.29 is 0 Å². The number of nitrogens with one attached hydrogen (secondary N) is 1. The van der Waals surface area contributed by atoms with Crippen molar-refractivity contribution >= 4 is 15.9 Å². The lowest BCUT2D eigenvalue weighted by atomic mass is 9.76. The van der Waals surface area contributed by atoms with Crippen molar-refractivity contribution in [1.82, 2.24) is 10.2 Å². The van der Waals surface area contributed by atoms with Crippen LogP contribution in [0.4, 0.5) is 0 Å². The van der Waals surface area contributed by atoms with Gasteiger partial charge in [-0.3, -0.25) is 0 Å². The predicted octanol–water partition coefficient (Wildman–Crippen LogP) is 3.24. The van der Waals surface area contributed by atoms with Gasteiger partial charge in [-0.2, -0.15) is 0 Å². The third kappa shape index (κ3) is 4.08. The van der Waals surface area contributed by atoms with E-state index in [0.717, 1.165) is 18.5 Å². The molecule has 0 unspecified atom stereocenters. The first-order valence-corrected chi connectivity index (χ1v) is 7.58. The van der Waals surface area contributed by atoms with Gasteiger partial charge in [-0.05, 0) is 70.1 Å². The van der Waals surface area contributed by atoms with E-state index in [0.29, 0.717) is 0 Å². The second-order valence-corrected chi connectivity index (χ2v) is 6.44. The second-order valence-electron chi connectivity index (χ2n) is 5.53. The molecule has 100 valence electrons. The average molecular weight is 311 g/mol. The molecule has 1 aliphatic rings. The Kier molecular flexibility index (Phi) is 5.22. The SMILES string of the molecule is CN(C)CCCNC1CC(c2ccc(Br)cc2)C1. The molecule has 2 rings (SSSR count). The average Bonchev–Trinajstić information content (AvgIpc) is 2.28. The molecule has 0 saturated heterocycles. The molecule has 18 heavy (non-hydrogen) atoms. The molecule has 1 aromatic carbocycles. The fraction of sp³-hybridized carbons (Fsp3) is 0.600. The van der Waals surface area contributed by atoms with Gasteiger partial charge >= 0.3 is 0 Å². The van der Waals surface area contributed by atoms with E-state index in [2.05, 4.69) is 64.5 Å². The normalized spacial score (nSPS) is 23.1. The highest BCUT2D eigenvalue weighted by molar-refractivity contribution is 9.10. The Morgan fingerprint density at radius 3 is 2.50 bits per heavy atom. The minimum absolute atomic E-state index is 0.737. The Morgan fingerprint density at radius 1 is 1.22 bits per heavy atom. The van der Waals surface area contributed by atoms with Gasteiger partial charge in [0.1, 0.15) is 0 Å². The molecule has 0 spiro atoms. The van der Waals surface area contributed by atoms with Crippen LogP contribution in [-0.4, -0.2) is 38.1 Å². The molecule has 0 bridgehead atoms. The van der Waals surface area contributed by atoms with Crippen LogP contribution in [0.15, 0.2) is 28.7 Å². The Balaban J connectivity index is 1.63. The van der Waals surface area contributed by atoms with Crippen LogP contribution in [0.5, 0.6) is 0 Å². The van der Waals surface area contributed by atoms with Crippen molar-refractivity contribution in [3.63, 3.8) is 0 Å². The van der Waals surface area contributed by atoms with Crippen molar-refractivity contribution in [2.45, 2.75) is 31.2 Å². The molecule has 2 nitrogen and oxygen atoms in total. The van der Waals surface area contributed by atoms with Crippen LogP contribution in [0.3, 0.4) is 0 Å². The summed E-state index contributed by atoms with van der Waals surface area (Å²) in [6, 6.07) is 9.52. The summed E-state index contributed by atoms with van der Waals surface area (Å²) in [5, 5.41) is 3.65. The minimum Gasteiger partial charge on any atom is -0.314 e. The molecule has 1 aliphatic carbocycles. The van der Waals surface area contributed by atoms with E-state index in [9.17, 15) is 0 Å². The van der Waals surface area contributed by atoms with Crippen molar-refractivity contribution in [2.24, 2.45) is 0 Å². The quantitative estimate of drug-likeness (QED) is 0.812. The number of rotatable bonds is 6. The molecule has 3 heteroatoms. The Bertz CT molecular complexity index is 355. The molecule has 1 N–H and O–H groups in total. The van der Waals surface area contributed by atoms with Gasteiger partial charge in [0.2, 0.25) is 0 Å². The molecule has 0 heterocycles. The van der Waals surface area contributed by atoms with Gasteiger partial charge in [0.05, 0.1) is 0 Å². The van der Waals surface area contributed by atoms with Gasteiger partial charge in [0.25, 0.3) is 0 Å². The molecule has 0 amide bonds. The lowest BCUT2D eigenvalue weighted by Crippen LogP contribution is -2.41. The zero-order valence-corrected chi connectivity index (χ0v) is 12.9. The number of nitrogens with zero attached hydrogens (tertiary/aromatic N) is 1. The van der Waals surface area contributed by atoms with E-state index in [4.69, 9.17) is 0 Å². The molecule has 1 saturated carbocycles. The first-order valence-electron chi connectivity index (χ1n) is 6.78. The highest BCUT2D eigenvalue weighted by Crippen LogP contribution is 2.37. The van der Waals surface area contributed by atoms with Gasteiger partial charge in [0.15, 0.2) is 0 Å². The molecule has 1 fully saturated rings. The van der Waals surface area contributed by atoms with Crippen LogP contribution in [0.1, 0.15) is 30.7 Å². The van der Waals surface area contributed by atoms with Crippen LogP contribution in [0, 0.1) is 0 Å². The highest BCUT2D eigenvalue weighted by Gasteiger charge is 2.29. The third-order valence-corrected chi connectivity index (χ3v) is 4.22. The van der Waals surface area contributed by atoms with Crippen LogP contribution in [-0.2, 0) is 0 Å². The van der Waals surface area contributed by atoms with Gasteiger partial charge in [0, 0.05) is 10.5 Å². The second kappa shape index (κ2) is 6.69. The summed E-state index contributed by atoms with van der Waals surface area (Å²) < 4.78 is 1.17. The number of halogens is 1. The van der Waals surface area contributed by atoms with E-state index in [1.54, 1.807) is 0 Å². The van der Waals surface area contributed by atoms with E-state index in [1.165, 1.54) is 35.8 Å². The van der Waals surface area contributed by atoms with Gasteiger partial charge in [-0.1, -0.05) is 28.1 Å². The van der Waals surface area contributed by atoms with E-state index >= 15 is 0 Å². The van der Waals surface area contributed by atoms with Crippen molar-refractivity contribution in [2.75, 3.05) is 27.2 Å². The zero-order valence-electron chi connectivity index (χ0n) is 11.3. The minimum atomic E-state index is 0.737. The summed E-state index contributed by atoms with van der Waals surface area (Å²) in [6.45, 7) is 2.33. The predicted molar refractivity (Wildman–Crippen MR) is 81.1 cm³/mol. The largest absolute Gasteiger partial charge is 0.314 e. The van der Waals surface area contributed by atoms with Crippen molar-refractivity contribution in [1.29, 1.82) is 0 Å². The van der Waals surface area contributed by atoms with E-state index < -0.39 is 0 Å². The maximum Gasteiger partial charge on any atom is 0.0175 e. The number of hydrogen-bond acceptors (Lipinski definition) is 2. The van der Waals surface area contributed by atoms with Crippen molar-refractivity contribution in [3.05, 3.63) is 34.3 Å². The van der Waals surface area contributed by atoms with Crippen LogP contribution in [0.25, 0.3) is 0 Å². The maximum atomic E-state index is 3.65. The van der Waals surface area contributed by atoms with Crippen LogP contribution < -0.4 is 5.32 Å². The summed E-state index contributed by atoms with van der Waals surface area (Å²) in [4.78, 5) is 2.24. The van der Waals surface area contributed by atoms with Gasteiger partial charge in [-0.25, -0.2) is 0 Å². The molecule has 1 aromatic rings. The van der Waals surface area contributed by atoms with E-state index in [1.807, 2.05) is 0 Å². The number of benzene rings is 1. The van der Waals surface area contributed by atoms with Crippen LogP contribution >= 0.6 is 15.9 Å². The smallest absolute Gasteiger partial charge is 0.0175 e. The maximum absolute atomic E-state index is 3.65. The summed E-state index contributed by atoms with van der Waals surface area (Å²) in [5.41, 5.74) is 1.49. The Morgan fingerprint density at radius 2 is 1.89 bits per heavy atom. The first kappa shape index (κ1) is 14.0. The van der Waals surface area contributed by atoms with E-state index in [-0.39, 0.29) is 0 Å².